The van der Waals surface area contributed by atoms with Gasteiger partial charge in [0.1, 0.15) is 0 Å². The number of rotatable bonds is 2. The predicted molar refractivity (Wildman–Crippen MR) is 101 cm³/mol. The average molecular weight is 333 g/mol. The lowest BCUT2D eigenvalue weighted by Gasteiger charge is -2.24. The van der Waals surface area contributed by atoms with E-state index in [1.165, 1.54) is 21.6 Å². The van der Waals surface area contributed by atoms with Gasteiger partial charge in [-0.2, -0.15) is 0 Å². The van der Waals surface area contributed by atoms with Gasteiger partial charge in [-0.1, -0.05) is 59.7 Å². The minimum atomic E-state index is 0.0971. The molecule has 0 fully saturated rings. The van der Waals surface area contributed by atoms with Crippen LogP contribution >= 0.6 is 11.3 Å². The zero-order chi connectivity index (χ0) is 16.7. The number of aryl methyl sites for hydroxylation is 2. The van der Waals surface area contributed by atoms with E-state index in [9.17, 15) is 4.79 Å². The molecule has 24 heavy (non-hydrogen) atoms. The van der Waals surface area contributed by atoms with Crippen LogP contribution in [0.3, 0.4) is 0 Å². The molecule has 0 aliphatic carbocycles. The summed E-state index contributed by atoms with van der Waals surface area (Å²) >= 11 is 1.75. The Morgan fingerprint density at radius 1 is 0.958 bits per heavy atom. The van der Waals surface area contributed by atoms with Gasteiger partial charge in [0.2, 0.25) is 5.91 Å². The lowest BCUT2D eigenvalue weighted by atomic mass is 9.89. The highest BCUT2D eigenvalue weighted by molar-refractivity contribution is 7.11. The Hall–Kier alpha value is -2.39. The summed E-state index contributed by atoms with van der Waals surface area (Å²) in [6.45, 7) is 4.17. The average Bonchev–Trinajstić information content (AvgIpc) is 2.99. The van der Waals surface area contributed by atoms with Crippen molar-refractivity contribution in [3.8, 4) is 11.1 Å². The van der Waals surface area contributed by atoms with Gasteiger partial charge in [0, 0.05) is 28.2 Å². The van der Waals surface area contributed by atoms with E-state index >= 15 is 0 Å². The van der Waals surface area contributed by atoms with Crippen molar-refractivity contribution in [2.24, 2.45) is 0 Å². The molecular formula is C21H19NOS. The van der Waals surface area contributed by atoms with Crippen molar-refractivity contribution < 1.29 is 4.79 Å². The van der Waals surface area contributed by atoms with Crippen molar-refractivity contribution >= 4 is 22.9 Å². The fourth-order valence-electron chi connectivity index (χ4n) is 3.24. The molecule has 1 N–H and O–H groups in total. The summed E-state index contributed by atoms with van der Waals surface area (Å²) in [5.41, 5.74) is 6.97. The van der Waals surface area contributed by atoms with Crippen molar-refractivity contribution in [3.05, 3.63) is 75.5 Å². The Morgan fingerprint density at radius 2 is 1.58 bits per heavy atom. The second kappa shape index (κ2) is 5.91. The molecule has 2 heterocycles. The molecule has 1 aliphatic heterocycles. The molecule has 0 saturated heterocycles. The lowest BCUT2D eigenvalue weighted by molar-refractivity contribution is -0.116. The Morgan fingerprint density at radius 3 is 2.25 bits per heavy atom. The Balaban J connectivity index is 1.80. The number of hydrogen-bond donors (Lipinski definition) is 1. The quantitative estimate of drug-likeness (QED) is 0.658. The molecule has 0 spiro atoms. The number of fused-ring (bicyclic) bond motifs is 1. The van der Waals surface area contributed by atoms with Gasteiger partial charge in [0.25, 0.3) is 0 Å². The van der Waals surface area contributed by atoms with Crippen LogP contribution in [0.1, 0.15) is 33.9 Å². The maximum atomic E-state index is 12.3. The molecule has 1 amide bonds. The van der Waals surface area contributed by atoms with Crippen molar-refractivity contribution in [3.63, 3.8) is 0 Å². The first-order valence-corrected chi connectivity index (χ1v) is 9.04. The summed E-state index contributed by atoms with van der Waals surface area (Å²) in [5, 5.41) is 5.27. The summed E-state index contributed by atoms with van der Waals surface area (Å²) < 4.78 is 0. The monoisotopic (exact) mass is 333 g/mol. The van der Waals surface area contributed by atoms with E-state index in [0.717, 1.165) is 16.8 Å². The summed E-state index contributed by atoms with van der Waals surface area (Å²) in [5.74, 6) is 0.249. The molecular weight excluding hydrogens is 314 g/mol. The third kappa shape index (κ3) is 2.65. The van der Waals surface area contributed by atoms with Crippen LogP contribution in [0, 0.1) is 13.8 Å². The molecule has 0 bridgehead atoms. The summed E-state index contributed by atoms with van der Waals surface area (Å²) in [4.78, 5) is 13.6. The first kappa shape index (κ1) is 15.2. The standard InChI is InChI=1S/C21H19NOS/c1-13-3-7-15(8-4-13)17-11-19(23)22-20-18(12-24-21(17)20)16-9-5-14(2)6-10-16/h3-10,12,17H,11H2,1-2H3,(H,22,23)/t17-/m1/s1. The van der Waals surface area contributed by atoms with Crippen molar-refractivity contribution in [1.29, 1.82) is 0 Å². The van der Waals surface area contributed by atoms with E-state index in [1.807, 2.05) is 0 Å². The Kier molecular flexibility index (Phi) is 3.73. The number of benzene rings is 2. The van der Waals surface area contributed by atoms with Crippen molar-refractivity contribution in [2.45, 2.75) is 26.2 Å². The van der Waals surface area contributed by atoms with Gasteiger partial charge in [-0.25, -0.2) is 0 Å². The van der Waals surface area contributed by atoms with Gasteiger partial charge < -0.3 is 5.32 Å². The van der Waals surface area contributed by atoms with E-state index in [2.05, 4.69) is 73.1 Å². The summed E-state index contributed by atoms with van der Waals surface area (Å²) in [6.07, 6.45) is 0.518. The lowest BCUT2D eigenvalue weighted by Crippen LogP contribution is -2.22. The van der Waals surface area contributed by atoms with E-state index in [-0.39, 0.29) is 11.8 Å². The topological polar surface area (TPSA) is 29.1 Å². The van der Waals surface area contributed by atoms with Crippen molar-refractivity contribution in [2.75, 3.05) is 5.32 Å². The van der Waals surface area contributed by atoms with Crippen LogP contribution in [0.5, 0.6) is 0 Å². The summed E-state index contributed by atoms with van der Waals surface area (Å²) in [7, 11) is 0. The Labute approximate surface area is 146 Å². The molecule has 3 heteroatoms. The molecule has 3 aromatic rings. The van der Waals surface area contributed by atoms with E-state index in [4.69, 9.17) is 0 Å². The maximum absolute atomic E-state index is 12.3. The first-order chi connectivity index (χ1) is 11.6. The molecule has 2 aromatic carbocycles. The zero-order valence-electron chi connectivity index (χ0n) is 13.8. The second-order valence-electron chi connectivity index (χ2n) is 6.47. The van der Waals surface area contributed by atoms with Gasteiger partial charge in [-0.3, -0.25) is 4.79 Å². The van der Waals surface area contributed by atoms with Crippen LogP contribution < -0.4 is 5.32 Å². The van der Waals surface area contributed by atoms with Gasteiger partial charge in [-0.05, 0) is 25.0 Å². The van der Waals surface area contributed by atoms with Crippen LogP contribution in [0.2, 0.25) is 0 Å². The number of thiophene rings is 1. The van der Waals surface area contributed by atoms with E-state index in [0.29, 0.717) is 6.42 Å². The highest BCUT2D eigenvalue weighted by atomic mass is 32.1. The molecule has 0 unspecified atom stereocenters. The molecule has 4 rings (SSSR count). The van der Waals surface area contributed by atoms with E-state index < -0.39 is 0 Å². The molecule has 120 valence electrons. The number of carbonyl (C=O) groups excluding carboxylic acids is 1. The fraction of sp³-hybridized carbons (Fsp3) is 0.190. The number of hydrogen-bond acceptors (Lipinski definition) is 2. The normalized spacial score (nSPS) is 16.6. The van der Waals surface area contributed by atoms with Gasteiger partial charge in [0.15, 0.2) is 0 Å². The van der Waals surface area contributed by atoms with Gasteiger partial charge in [-0.15, -0.1) is 11.3 Å². The third-order valence-electron chi connectivity index (χ3n) is 4.63. The number of anilines is 1. The van der Waals surface area contributed by atoms with Gasteiger partial charge in [0.05, 0.1) is 5.69 Å². The van der Waals surface area contributed by atoms with Crippen molar-refractivity contribution in [1.82, 2.24) is 0 Å². The van der Waals surface area contributed by atoms with Crippen LogP contribution in [0.25, 0.3) is 11.1 Å². The van der Waals surface area contributed by atoms with Crippen LogP contribution in [-0.2, 0) is 4.79 Å². The Bertz CT molecular complexity index is 891. The number of amides is 1. The highest BCUT2D eigenvalue weighted by Crippen LogP contribution is 2.46. The fourth-order valence-corrected chi connectivity index (χ4v) is 4.40. The largest absolute Gasteiger partial charge is 0.325 e. The van der Waals surface area contributed by atoms with Crippen LogP contribution in [0.15, 0.2) is 53.9 Å². The van der Waals surface area contributed by atoms with Crippen LogP contribution in [0.4, 0.5) is 5.69 Å². The van der Waals surface area contributed by atoms with E-state index in [1.54, 1.807) is 11.3 Å². The molecule has 0 radical (unpaired) electrons. The number of carbonyl (C=O) groups is 1. The van der Waals surface area contributed by atoms with Gasteiger partial charge >= 0.3 is 0 Å². The molecule has 1 atom stereocenters. The smallest absolute Gasteiger partial charge is 0.225 e. The SMILES string of the molecule is Cc1ccc(-c2csc3c2NC(=O)C[C@@H]3c2ccc(C)cc2)cc1. The zero-order valence-corrected chi connectivity index (χ0v) is 14.6. The molecule has 0 saturated carbocycles. The first-order valence-electron chi connectivity index (χ1n) is 8.16. The highest BCUT2D eigenvalue weighted by Gasteiger charge is 2.30. The second-order valence-corrected chi connectivity index (χ2v) is 7.38. The van der Waals surface area contributed by atoms with Crippen LogP contribution in [-0.4, -0.2) is 5.91 Å². The minimum absolute atomic E-state index is 0.0971. The molecule has 1 aliphatic rings. The maximum Gasteiger partial charge on any atom is 0.225 e. The number of nitrogens with one attached hydrogen (secondary N) is 1. The minimum Gasteiger partial charge on any atom is -0.325 e. The molecule has 1 aromatic heterocycles. The summed E-state index contributed by atoms with van der Waals surface area (Å²) in [6, 6.07) is 17.0. The predicted octanol–water partition coefficient (Wildman–Crippen LogP) is 5.51. The molecule has 2 nitrogen and oxygen atoms in total. The third-order valence-corrected chi connectivity index (χ3v) is 5.73.